The third-order valence-electron chi connectivity index (χ3n) is 5.05. The van der Waals surface area contributed by atoms with Crippen LogP contribution in [0.25, 0.3) is 0 Å². The fourth-order valence-corrected chi connectivity index (χ4v) is 3.96. The topological polar surface area (TPSA) is 87.7 Å². The highest BCUT2D eigenvalue weighted by molar-refractivity contribution is 6.30. The molecule has 146 valence electrons. The molecule has 8 heteroatoms. The summed E-state index contributed by atoms with van der Waals surface area (Å²) in [7, 11) is 0. The van der Waals surface area contributed by atoms with Gasteiger partial charge in [0.1, 0.15) is 6.04 Å². The van der Waals surface area contributed by atoms with Crippen molar-refractivity contribution < 1.29 is 19.1 Å². The van der Waals surface area contributed by atoms with Crippen molar-refractivity contribution in [3.63, 3.8) is 0 Å². The van der Waals surface area contributed by atoms with Gasteiger partial charge in [0.25, 0.3) is 0 Å². The Hall–Kier alpha value is -2.28. The van der Waals surface area contributed by atoms with Crippen LogP contribution in [0.3, 0.4) is 0 Å². The van der Waals surface area contributed by atoms with Gasteiger partial charge in [-0.25, -0.2) is 4.79 Å². The average Bonchev–Trinajstić information content (AvgIpc) is 2.64. The summed E-state index contributed by atoms with van der Waals surface area (Å²) < 4.78 is 5.00. The Labute approximate surface area is 163 Å². The SMILES string of the molecule is CCOC(=O)C[C@@H]1C(=O)N[C@@H]2CCCC[C@@H]2N1C(=O)Nc1ccc(Cl)cc1. The molecular weight excluding hydrogens is 370 g/mol. The summed E-state index contributed by atoms with van der Waals surface area (Å²) in [4.78, 5) is 39.2. The van der Waals surface area contributed by atoms with Crippen molar-refractivity contribution in [3.05, 3.63) is 29.3 Å². The van der Waals surface area contributed by atoms with Gasteiger partial charge in [0.05, 0.1) is 19.1 Å². The Morgan fingerprint density at radius 2 is 1.96 bits per heavy atom. The molecule has 0 unspecified atom stereocenters. The van der Waals surface area contributed by atoms with Gasteiger partial charge >= 0.3 is 12.0 Å². The van der Waals surface area contributed by atoms with E-state index in [1.54, 1.807) is 31.2 Å². The fraction of sp³-hybridized carbons (Fsp3) is 0.526. The first kappa shape index (κ1) is 19.5. The van der Waals surface area contributed by atoms with Crippen molar-refractivity contribution >= 4 is 35.2 Å². The number of anilines is 1. The van der Waals surface area contributed by atoms with Crippen LogP contribution in [-0.4, -0.2) is 47.5 Å². The number of hydrogen-bond acceptors (Lipinski definition) is 4. The molecule has 0 radical (unpaired) electrons. The quantitative estimate of drug-likeness (QED) is 0.770. The molecule has 3 amide bonds. The number of ether oxygens (including phenoxy) is 1. The lowest BCUT2D eigenvalue weighted by molar-refractivity contribution is -0.148. The third kappa shape index (κ3) is 4.53. The number of urea groups is 1. The van der Waals surface area contributed by atoms with Gasteiger partial charge in [-0.15, -0.1) is 0 Å². The zero-order valence-electron chi connectivity index (χ0n) is 15.2. The van der Waals surface area contributed by atoms with Crippen LogP contribution in [0.5, 0.6) is 0 Å². The summed E-state index contributed by atoms with van der Waals surface area (Å²) >= 11 is 5.89. The Balaban J connectivity index is 1.83. The van der Waals surface area contributed by atoms with Gasteiger partial charge in [0.15, 0.2) is 0 Å². The number of carbonyl (C=O) groups excluding carboxylic acids is 3. The molecule has 3 atom stereocenters. The largest absolute Gasteiger partial charge is 0.466 e. The van der Waals surface area contributed by atoms with Crippen LogP contribution >= 0.6 is 11.6 Å². The highest BCUT2D eigenvalue weighted by atomic mass is 35.5. The van der Waals surface area contributed by atoms with Crippen LogP contribution in [-0.2, 0) is 14.3 Å². The summed E-state index contributed by atoms with van der Waals surface area (Å²) in [5.74, 6) is -0.798. The van der Waals surface area contributed by atoms with Gasteiger partial charge in [-0.05, 0) is 44.0 Å². The van der Waals surface area contributed by atoms with Crippen LogP contribution in [0.15, 0.2) is 24.3 Å². The van der Waals surface area contributed by atoms with Gasteiger partial charge < -0.3 is 20.3 Å². The third-order valence-corrected chi connectivity index (χ3v) is 5.30. The second kappa shape index (κ2) is 8.61. The molecule has 1 heterocycles. The maximum absolute atomic E-state index is 13.1. The van der Waals surface area contributed by atoms with E-state index in [0.29, 0.717) is 10.7 Å². The monoisotopic (exact) mass is 393 g/mol. The summed E-state index contributed by atoms with van der Waals surface area (Å²) in [6.07, 6.45) is 3.45. The van der Waals surface area contributed by atoms with Crippen molar-refractivity contribution in [1.82, 2.24) is 10.2 Å². The Morgan fingerprint density at radius 3 is 2.67 bits per heavy atom. The van der Waals surface area contributed by atoms with E-state index in [0.717, 1.165) is 25.7 Å². The van der Waals surface area contributed by atoms with Gasteiger partial charge in [0, 0.05) is 16.8 Å². The number of esters is 1. The maximum Gasteiger partial charge on any atom is 0.322 e. The zero-order valence-corrected chi connectivity index (χ0v) is 16.0. The van der Waals surface area contributed by atoms with Crippen LogP contribution in [0.1, 0.15) is 39.0 Å². The molecular formula is C19H24ClN3O4. The number of carbonyl (C=O) groups is 3. The second-order valence-electron chi connectivity index (χ2n) is 6.84. The molecule has 7 nitrogen and oxygen atoms in total. The number of fused-ring (bicyclic) bond motifs is 1. The van der Waals surface area contributed by atoms with Crippen molar-refractivity contribution in [2.75, 3.05) is 11.9 Å². The minimum atomic E-state index is -0.879. The van der Waals surface area contributed by atoms with Gasteiger partial charge in [0.2, 0.25) is 5.91 Å². The maximum atomic E-state index is 13.1. The van der Waals surface area contributed by atoms with Crippen LogP contribution < -0.4 is 10.6 Å². The Morgan fingerprint density at radius 1 is 1.26 bits per heavy atom. The highest BCUT2D eigenvalue weighted by Crippen LogP contribution is 2.30. The summed E-state index contributed by atoms with van der Waals surface area (Å²) in [5, 5.41) is 6.38. The molecule has 1 aromatic rings. The van der Waals surface area contributed by atoms with E-state index in [1.807, 2.05) is 0 Å². The zero-order chi connectivity index (χ0) is 19.4. The van der Waals surface area contributed by atoms with Crippen molar-refractivity contribution in [3.8, 4) is 0 Å². The lowest BCUT2D eigenvalue weighted by atomic mass is 9.85. The molecule has 2 fully saturated rings. The molecule has 1 aliphatic carbocycles. The van der Waals surface area contributed by atoms with Crippen LogP contribution in [0, 0.1) is 0 Å². The van der Waals surface area contributed by atoms with Crippen molar-refractivity contribution in [2.45, 2.75) is 57.2 Å². The van der Waals surface area contributed by atoms with E-state index in [4.69, 9.17) is 16.3 Å². The predicted molar refractivity (Wildman–Crippen MR) is 102 cm³/mol. The fourth-order valence-electron chi connectivity index (χ4n) is 3.83. The first-order valence-electron chi connectivity index (χ1n) is 9.30. The van der Waals surface area contributed by atoms with Gasteiger partial charge in [-0.2, -0.15) is 0 Å². The van der Waals surface area contributed by atoms with Gasteiger partial charge in [-0.3, -0.25) is 9.59 Å². The molecule has 2 N–H and O–H groups in total. The smallest absolute Gasteiger partial charge is 0.322 e. The number of rotatable bonds is 4. The van der Waals surface area contributed by atoms with Gasteiger partial charge in [-0.1, -0.05) is 24.4 Å². The van der Waals surface area contributed by atoms with Crippen LogP contribution in [0.2, 0.25) is 5.02 Å². The normalized spacial score (nSPS) is 24.6. The number of nitrogens with zero attached hydrogens (tertiary/aromatic N) is 1. The van der Waals surface area contributed by atoms with Crippen LogP contribution in [0.4, 0.5) is 10.5 Å². The highest BCUT2D eigenvalue weighted by Gasteiger charge is 2.46. The molecule has 0 spiro atoms. The molecule has 0 bridgehead atoms. The molecule has 1 aliphatic heterocycles. The number of piperazine rings is 1. The second-order valence-corrected chi connectivity index (χ2v) is 7.27. The molecule has 1 aromatic carbocycles. The summed E-state index contributed by atoms with van der Waals surface area (Å²) in [6.45, 7) is 1.94. The summed E-state index contributed by atoms with van der Waals surface area (Å²) in [6, 6.07) is 5.27. The first-order valence-corrected chi connectivity index (χ1v) is 9.68. The van der Waals surface area contributed by atoms with E-state index in [-0.39, 0.29) is 31.0 Å². The molecule has 3 rings (SSSR count). The number of hydrogen-bond donors (Lipinski definition) is 2. The molecule has 27 heavy (non-hydrogen) atoms. The van der Waals surface area contributed by atoms with E-state index in [2.05, 4.69) is 10.6 Å². The predicted octanol–water partition coefficient (Wildman–Crippen LogP) is 2.94. The number of halogens is 1. The Bertz CT molecular complexity index is 709. The molecule has 1 saturated carbocycles. The first-order chi connectivity index (χ1) is 13.0. The Kier molecular flexibility index (Phi) is 6.21. The minimum absolute atomic E-state index is 0.0827. The van der Waals surface area contributed by atoms with E-state index >= 15 is 0 Å². The number of amides is 3. The minimum Gasteiger partial charge on any atom is -0.466 e. The van der Waals surface area contributed by atoms with E-state index in [1.165, 1.54) is 4.90 Å². The number of benzene rings is 1. The summed E-state index contributed by atoms with van der Waals surface area (Å²) in [5.41, 5.74) is 0.581. The standard InChI is InChI=1S/C19H24ClN3O4/c1-2-27-17(24)11-16-18(25)22-14-5-3-4-6-15(14)23(16)19(26)21-13-9-7-12(20)8-10-13/h7-10,14-16H,2-6,11H2,1H3,(H,21,26)(H,22,25)/t14-,15+,16-/m1/s1. The molecule has 1 saturated heterocycles. The molecule has 2 aliphatic rings. The van der Waals surface area contributed by atoms with Crippen molar-refractivity contribution in [1.29, 1.82) is 0 Å². The lowest BCUT2D eigenvalue weighted by Crippen LogP contribution is -2.68. The average molecular weight is 394 g/mol. The van der Waals surface area contributed by atoms with E-state index in [9.17, 15) is 14.4 Å². The lowest BCUT2D eigenvalue weighted by Gasteiger charge is -2.47. The van der Waals surface area contributed by atoms with Crippen molar-refractivity contribution in [2.24, 2.45) is 0 Å². The molecule has 0 aromatic heterocycles. The van der Waals surface area contributed by atoms with E-state index < -0.39 is 18.0 Å². The number of nitrogens with one attached hydrogen (secondary N) is 2.